The Morgan fingerprint density at radius 3 is 2.28 bits per heavy atom. The second-order valence-electron chi connectivity index (χ2n) is 9.08. The van der Waals surface area contributed by atoms with Crippen LogP contribution in [0.2, 0.25) is 0 Å². The number of hydrogen-bond donors (Lipinski definition) is 1. The largest absolute Gasteiger partial charge is 0.379 e. The van der Waals surface area contributed by atoms with Crippen molar-refractivity contribution < 1.29 is 4.74 Å². The van der Waals surface area contributed by atoms with Gasteiger partial charge in [-0.1, -0.05) is 48.5 Å². The smallest absolute Gasteiger partial charge is 0.170 e. The van der Waals surface area contributed by atoms with Crippen molar-refractivity contribution in [3.63, 3.8) is 0 Å². The normalized spacial score (nSPS) is 14.4. The number of likely N-dealkylation sites (N-methyl/N-ethyl adjacent to an activating group) is 2. The van der Waals surface area contributed by atoms with Crippen LogP contribution in [0.15, 0.2) is 70.9 Å². The van der Waals surface area contributed by atoms with Crippen molar-refractivity contribution in [2.75, 3.05) is 83.8 Å². The first-order valence-corrected chi connectivity index (χ1v) is 12.4. The van der Waals surface area contributed by atoms with Gasteiger partial charge in [0.2, 0.25) is 0 Å². The predicted octanol–water partition coefficient (Wildman–Crippen LogP) is 4.30. The number of hydrogen-bond acceptors (Lipinski definition) is 9. The molecule has 9 heteroatoms. The molecule has 0 aliphatic carbocycles. The van der Waals surface area contributed by atoms with E-state index in [4.69, 9.17) is 14.7 Å². The van der Waals surface area contributed by atoms with Crippen molar-refractivity contribution in [1.82, 2.24) is 19.8 Å². The lowest BCUT2D eigenvalue weighted by Gasteiger charge is -2.27. The zero-order chi connectivity index (χ0) is 25.2. The molecule has 1 N–H and O–H groups in total. The average molecular weight is 489 g/mol. The molecule has 3 aromatic rings. The fourth-order valence-electron chi connectivity index (χ4n) is 3.86. The van der Waals surface area contributed by atoms with Crippen LogP contribution in [0.25, 0.3) is 11.4 Å². The van der Waals surface area contributed by atoms with Crippen molar-refractivity contribution in [1.29, 1.82) is 0 Å². The van der Waals surface area contributed by atoms with Gasteiger partial charge in [-0.05, 0) is 26.2 Å². The number of benzene rings is 2. The van der Waals surface area contributed by atoms with Crippen LogP contribution >= 0.6 is 0 Å². The first-order chi connectivity index (χ1) is 17.6. The van der Waals surface area contributed by atoms with Crippen molar-refractivity contribution in [3.05, 3.63) is 60.7 Å². The maximum Gasteiger partial charge on any atom is 0.170 e. The minimum absolute atomic E-state index is 0.641. The Labute approximate surface area is 213 Å². The number of nitrogens with one attached hydrogen (secondary N) is 1. The summed E-state index contributed by atoms with van der Waals surface area (Å²) in [7, 11) is 6.18. The fourth-order valence-corrected chi connectivity index (χ4v) is 3.86. The average Bonchev–Trinajstić information content (AvgIpc) is 2.92. The molecule has 9 nitrogen and oxygen atoms in total. The Kier molecular flexibility index (Phi) is 9.32. The number of anilines is 2. The van der Waals surface area contributed by atoms with E-state index in [-0.39, 0.29) is 0 Å². The van der Waals surface area contributed by atoms with E-state index >= 15 is 0 Å². The lowest BCUT2D eigenvalue weighted by Crippen LogP contribution is -2.39. The first-order valence-electron chi connectivity index (χ1n) is 12.4. The molecule has 0 bridgehead atoms. The number of morpholine rings is 1. The molecule has 36 heavy (non-hydrogen) atoms. The molecule has 1 aromatic heterocycles. The second-order valence-corrected chi connectivity index (χ2v) is 9.08. The quantitative estimate of drug-likeness (QED) is 0.403. The van der Waals surface area contributed by atoms with E-state index < -0.39 is 0 Å². The first kappa shape index (κ1) is 25.7. The summed E-state index contributed by atoms with van der Waals surface area (Å²) in [6.07, 6.45) is 0. The molecule has 0 radical (unpaired) electrons. The minimum Gasteiger partial charge on any atom is -0.379 e. The van der Waals surface area contributed by atoms with E-state index in [9.17, 15) is 0 Å². The second kappa shape index (κ2) is 13.1. The number of azo groups is 1. The SMILES string of the molecule is CN(C)CCN(C)c1nc(-c2ccccc2)nc(NCCN2CCOCC2)c1/N=N/c1ccccc1. The molecule has 0 atom stereocenters. The lowest BCUT2D eigenvalue weighted by molar-refractivity contribution is 0.0398. The van der Waals surface area contributed by atoms with Crippen LogP contribution in [0.3, 0.4) is 0 Å². The van der Waals surface area contributed by atoms with Gasteiger partial charge in [0.15, 0.2) is 23.1 Å². The molecule has 0 unspecified atom stereocenters. The molecule has 1 fully saturated rings. The van der Waals surface area contributed by atoms with E-state index in [1.54, 1.807) is 0 Å². The molecule has 2 aromatic carbocycles. The minimum atomic E-state index is 0.641. The fraction of sp³-hybridized carbons (Fsp3) is 0.407. The molecule has 0 spiro atoms. The van der Waals surface area contributed by atoms with Gasteiger partial charge in [-0.3, -0.25) is 4.90 Å². The highest BCUT2D eigenvalue weighted by Gasteiger charge is 2.20. The van der Waals surface area contributed by atoms with Crippen molar-refractivity contribution in [2.24, 2.45) is 10.2 Å². The maximum absolute atomic E-state index is 5.48. The van der Waals surface area contributed by atoms with Gasteiger partial charge in [-0.2, -0.15) is 5.11 Å². The lowest BCUT2D eigenvalue weighted by atomic mass is 10.2. The van der Waals surface area contributed by atoms with E-state index in [0.717, 1.165) is 69.6 Å². The summed E-state index contributed by atoms with van der Waals surface area (Å²) in [6.45, 7) is 6.76. The summed E-state index contributed by atoms with van der Waals surface area (Å²) < 4.78 is 5.48. The topological polar surface area (TPSA) is 81.5 Å². The van der Waals surface area contributed by atoms with Crippen LogP contribution in [-0.2, 0) is 4.74 Å². The highest BCUT2D eigenvalue weighted by atomic mass is 16.5. The summed E-state index contributed by atoms with van der Waals surface area (Å²) >= 11 is 0. The molecule has 1 saturated heterocycles. The Balaban J connectivity index is 1.70. The highest BCUT2D eigenvalue weighted by Crippen LogP contribution is 2.36. The van der Waals surface area contributed by atoms with Gasteiger partial charge in [0.1, 0.15) is 0 Å². The number of rotatable bonds is 11. The monoisotopic (exact) mass is 488 g/mol. The number of aromatic nitrogens is 2. The zero-order valence-electron chi connectivity index (χ0n) is 21.5. The molecule has 1 aliphatic rings. The molecule has 2 heterocycles. The maximum atomic E-state index is 5.48. The van der Waals surface area contributed by atoms with Crippen molar-refractivity contribution in [2.45, 2.75) is 0 Å². The summed E-state index contributed by atoms with van der Waals surface area (Å²) in [6, 6.07) is 19.8. The van der Waals surface area contributed by atoms with Gasteiger partial charge in [-0.25, -0.2) is 9.97 Å². The molecular weight excluding hydrogens is 452 g/mol. The Morgan fingerprint density at radius 1 is 0.889 bits per heavy atom. The summed E-state index contributed by atoms with van der Waals surface area (Å²) in [5, 5.41) is 12.7. The van der Waals surface area contributed by atoms with Gasteiger partial charge < -0.3 is 19.9 Å². The summed E-state index contributed by atoms with van der Waals surface area (Å²) in [4.78, 5) is 16.6. The van der Waals surface area contributed by atoms with Crippen LogP contribution in [-0.4, -0.2) is 93.4 Å². The van der Waals surface area contributed by atoms with Crippen LogP contribution in [0, 0.1) is 0 Å². The van der Waals surface area contributed by atoms with E-state index in [2.05, 4.69) is 44.3 Å². The van der Waals surface area contributed by atoms with Crippen molar-refractivity contribution in [3.8, 4) is 11.4 Å². The van der Waals surface area contributed by atoms with Gasteiger partial charge >= 0.3 is 0 Å². The van der Waals surface area contributed by atoms with Crippen LogP contribution < -0.4 is 10.2 Å². The zero-order valence-corrected chi connectivity index (χ0v) is 21.5. The van der Waals surface area contributed by atoms with Gasteiger partial charge in [0, 0.05) is 51.9 Å². The predicted molar refractivity (Wildman–Crippen MR) is 146 cm³/mol. The third-order valence-corrected chi connectivity index (χ3v) is 5.99. The van der Waals surface area contributed by atoms with E-state index in [1.165, 1.54) is 0 Å². The molecule has 4 rings (SSSR count). The number of nitrogens with zero attached hydrogens (tertiary/aromatic N) is 7. The van der Waals surface area contributed by atoms with Crippen LogP contribution in [0.1, 0.15) is 0 Å². The molecule has 190 valence electrons. The van der Waals surface area contributed by atoms with E-state index in [0.29, 0.717) is 17.3 Å². The summed E-state index contributed by atoms with van der Waals surface area (Å²) in [5.41, 5.74) is 2.38. The standard InChI is InChI=1S/C27H36N8O/c1-33(2)16-17-34(3)27-24(32-31-23-12-8-5-9-13-23)26(28-14-15-35-18-20-36-21-19-35)29-25(30-27)22-10-6-4-7-11-22/h4-13H,14-21H2,1-3H3,(H,28,29,30)/b32-31+. The van der Waals surface area contributed by atoms with Gasteiger partial charge in [-0.15, -0.1) is 5.11 Å². The number of ether oxygens (including phenoxy) is 1. The van der Waals surface area contributed by atoms with Crippen LogP contribution in [0.5, 0.6) is 0 Å². The molecule has 1 aliphatic heterocycles. The molecular formula is C27H36N8O. The summed E-state index contributed by atoms with van der Waals surface area (Å²) in [5.74, 6) is 2.09. The highest BCUT2D eigenvalue weighted by molar-refractivity contribution is 5.77. The van der Waals surface area contributed by atoms with E-state index in [1.807, 2.05) is 67.7 Å². The van der Waals surface area contributed by atoms with Crippen molar-refractivity contribution >= 4 is 23.0 Å². The molecule has 0 amide bonds. The Morgan fingerprint density at radius 2 is 1.58 bits per heavy atom. The molecule has 0 saturated carbocycles. The third kappa shape index (κ3) is 7.30. The third-order valence-electron chi connectivity index (χ3n) is 5.99. The van der Waals surface area contributed by atoms with Gasteiger partial charge in [0.25, 0.3) is 0 Å². The van der Waals surface area contributed by atoms with Crippen LogP contribution in [0.4, 0.5) is 23.0 Å². The van der Waals surface area contributed by atoms with Gasteiger partial charge in [0.05, 0.1) is 18.9 Å². The Hall–Kier alpha value is -3.40. The Bertz CT molecular complexity index is 1100.